The lowest BCUT2D eigenvalue weighted by Crippen LogP contribution is -2.49. The Labute approximate surface area is 101 Å². The molecule has 0 amide bonds. The topological polar surface area (TPSA) is 61.5 Å². The number of benzene rings is 1. The van der Waals surface area contributed by atoms with E-state index in [0.29, 0.717) is 18.8 Å². The minimum absolute atomic E-state index is 0.412. The van der Waals surface area contributed by atoms with Crippen molar-refractivity contribution in [3.05, 3.63) is 28.8 Å². The lowest BCUT2D eigenvalue weighted by molar-refractivity contribution is -0.148. The SMILES string of the molecule is COC(=O)C1(N)CCOc2cc(C)c(C)cc21. The Morgan fingerprint density at radius 1 is 1.41 bits per heavy atom. The molecular formula is C13H17NO3. The standard InChI is InChI=1S/C13H17NO3/c1-8-6-10-11(7-9(8)2)17-5-4-13(10,14)12(15)16-3/h6-7H,4-5,14H2,1-3H3. The molecule has 1 aliphatic heterocycles. The monoisotopic (exact) mass is 235 g/mol. The molecule has 1 aromatic carbocycles. The first kappa shape index (κ1) is 11.9. The van der Waals surface area contributed by atoms with Crippen molar-refractivity contribution in [1.82, 2.24) is 0 Å². The predicted molar refractivity (Wildman–Crippen MR) is 63.9 cm³/mol. The number of aryl methyl sites for hydroxylation is 2. The highest BCUT2D eigenvalue weighted by molar-refractivity contribution is 5.84. The smallest absolute Gasteiger partial charge is 0.330 e. The van der Waals surface area contributed by atoms with Crippen LogP contribution in [0.25, 0.3) is 0 Å². The van der Waals surface area contributed by atoms with Gasteiger partial charge in [0, 0.05) is 12.0 Å². The second-order valence-electron chi connectivity index (χ2n) is 4.49. The van der Waals surface area contributed by atoms with Crippen LogP contribution in [0.2, 0.25) is 0 Å². The Bertz CT molecular complexity index is 470. The van der Waals surface area contributed by atoms with Crippen molar-refractivity contribution < 1.29 is 14.3 Å². The van der Waals surface area contributed by atoms with Gasteiger partial charge in [0.05, 0.1) is 13.7 Å². The zero-order chi connectivity index (χ0) is 12.6. The van der Waals surface area contributed by atoms with Crippen molar-refractivity contribution in [2.45, 2.75) is 25.8 Å². The summed E-state index contributed by atoms with van der Waals surface area (Å²) in [5.74, 6) is 0.276. The first-order valence-electron chi connectivity index (χ1n) is 5.61. The van der Waals surface area contributed by atoms with Crippen LogP contribution in [0.5, 0.6) is 5.75 Å². The third-order valence-corrected chi connectivity index (χ3v) is 3.38. The maximum Gasteiger partial charge on any atom is 0.330 e. The molecule has 2 N–H and O–H groups in total. The molecule has 1 aromatic rings. The summed E-state index contributed by atoms with van der Waals surface area (Å²) in [5.41, 5.74) is 8.04. The molecule has 1 atom stereocenters. The van der Waals surface area contributed by atoms with Crippen molar-refractivity contribution in [3.63, 3.8) is 0 Å². The molecule has 0 saturated heterocycles. The van der Waals surface area contributed by atoms with Crippen LogP contribution in [0.4, 0.5) is 0 Å². The number of rotatable bonds is 1. The Balaban J connectivity index is 2.58. The predicted octanol–water partition coefficient (Wildman–Crippen LogP) is 1.41. The molecule has 0 bridgehead atoms. The maximum atomic E-state index is 11.8. The highest BCUT2D eigenvalue weighted by atomic mass is 16.5. The zero-order valence-electron chi connectivity index (χ0n) is 10.4. The van der Waals surface area contributed by atoms with E-state index < -0.39 is 11.5 Å². The van der Waals surface area contributed by atoms with Crippen molar-refractivity contribution in [1.29, 1.82) is 0 Å². The fraction of sp³-hybridized carbons (Fsp3) is 0.462. The van der Waals surface area contributed by atoms with Crippen LogP contribution < -0.4 is 10.5 Å². The summed E-state index contributed by atoms with van der Waals surface area (Å²) in [7, 11) is 1.35. The summed E-state index contributed by atoms with van der Waals surface area (Å²) in [4.78, 5) is 11.8. The van der Waals surface area contributed by atoms with Crippen LogP contribution in [0.1, 0.15) is 23.1 Å². The minimum Gasteiger partial charge on any atom is -0.493 e. The van der Waals surface area contributed by atoms with E-state index in [9.17, 15) is 4.79 Å². The number of fused-ring (bicyclic) bond motifs is 1. The molecule has 1 aliphatic rings. The molecule has 0 aliphatic carbocycles. The Kier molecular flexibility index (Phi) is 2.83. The Morgan fingerprint density at radius 3 is 2.71 bits per heavy atom. The van der Waals surface area contributed by atoms with Gasteiger partial charge in [0.2, 0.25) is 0 Å². The van der Waals surface area contributed by atoms with Crippen LogP contribution in [0.15, 0.2) is 12.1 Å². The molecule has 0 fully saturated rings. The minimum atomic E-state index is -1.08. The lowest BCUT2D eigenvalue weighted by Gasteiger charge is -2.33. The van der Waals surface area contributed by atoms with Crippen LogP contribution in [0, 0.1) is 13.8 Å². The van der Waals surface area contributed by atoms with Crippen LogP contribution in [0.3, 0.4) is 0 Å². The fourth-order valence-corrected chi connectivity index (χ4v) is 2.11. The molecule has 0 saturated carbocycles. The molecule has 4 heteroatoms. The molecular weight excluding hydrogens is 218 g/mol. The molecule has 92 valence electrons. The number of hydrogen-bond acceptors (Lipinski definition) is 4. The maximum absolute atomic E-state index is 11.8. The van der Waals surface area contributed by atoms with E-state index >= 15 is 0 Å². The third kappa shape index (κ3) is 1.78. The van der Waals surface area contributed by atoms with Gasteiger partial charge in [-0.1, -0.05) is 0 Å². The zero-order valence-corrected chi connectivity index (χ0v) is 10.4. The highest BCUT2D eigenvalue weighted by Crippen LogP contribution is 2.37. The van der Waals surface area contributed by atoms with Crippen molar-refractivity contribution in [2.24, 2.45) is 5.73 Å². The second-order valence-corrected chi connectivity index (χ2v) is 4.49. The molecule has 0 aromatic heterocycles. The van der Waals surface area contributed by atoms with Crippen molar-refractivity contribution >= 4 is 5.97 Å². The molecule has 4 nitrogen and oxygen atoms in total. The van der Waals surface area contributed by atoms with E-state index in [1.165, 1.54) is 7.11 Å². The first-order valence-corrected chi connectivity index (χ1v) is 5.61. The summed E-state index contributed by atoms with van der Waals surface area (Å²) in [6, 6.07) is 3.84. The van der Waals surface area contributed by atoms with Gasteiger partial charge in [0.1, 0.15) is 11.3 Å². The number of esters is 1. The van der Waals surface area contributed by atoms with E-state index in [-0.39, 0.29) is 0 Å². The van der Waals surface area contributed by atoms with E-state index in [1.54, 1.807) is 0 Å². The number of carbonyl (C=O) groups excluding carboxylic acids is 1. The van der Waals surface area contributed by atoms with Gasteiger partial charge in [0.15, 0.2) is 0 Å². The van der Waals surface area contributed by atoms with Gasteiger partial charge >= 0.3 is 5.97 Å². The Morgan fingerprint density at radius 2 is 2.06 bits per heavy atom. The molecule has 17 heavy (non-hydrogen) atoms. The van der Waals surface area contributed by atoms with E-state index in [0.717, 1.165) is 16.7 Å². The van der Waals surface area contributed by atoms with Crippen molar-refractivity contribution in [3.8, 4) is 5.75 Å². The van der Waals surface area contributed by atoms with Gasteiger partial charge in [-0.15, -0.1) is 0 Å². The van der Waals surface area contributed by atoms with E-state index in [1.807, 2.05) is 26.0 Å². The average molecular weight is 235 g/mol. The van der Waals surface area contributed by atoms with Gasteiger partial charge in [0.25, 0.3) is 0 Å². The molecule has 2 rings (SSSR count). The number of methoxy groups -OCH3 is 1. The van der Waals surface area contributed by atoms with E-state index in [4.69, 9.17) is 15.2 Å². The summed E-state index contributed by atoms with van der Waals surface area (Å²) < 4.78 is 10.4. The summed E-state index contributed by atoms with van der Waals surface area (Å²) in [6.45, 7) is 4.42. The van der Waals surface area contributed by atoms with Crippen LogP contribution in [-0.4, -0.2) is 19.7 Å². The number of carbonyl (C=O) groups is 1. The second kappa shape index (κ2) is 4.04. The average Bonchev–Trinajstić information content (AvgIpc) is 2.31. The van der Waals surface area contributed by atoms with Gasteiger partial charge in [-0.3, -0.25) is 0 Å². The van der Waals surface area contributed by atoms with Gasteiger partial charge in [-0.05, 0) is 37.1 Å². The fourth-order valence-electron chi connectivity index (χ4n) is 2.11. The molecule has 1 heterocycles. The van der Waals surface area contributed by atoms with Crippen molar-refractivity contribution in [2.75, 3.05) is 13.7 Å². The molecule has 0 radical (unpaired) electrons. The van der Waals surface area contributed by atoms with Gasteiger partial charge in [-0.25, -0.2) is 4.79 Å². The number of ether oxygens (including phenoxy) is 2. The summed E-state index contributed by atoms with van der Waals surface area (Å²) >= 11 is 0. The summed E-state index contributed by atoms with van der Waals surface area (Å²) in [6.07, 6.45) is 0.440. The largest absolute Gasteiger partial charge is 0.493 e. The number of nitrogens with two attached hydrogens (primary N) is 1. The van der Waals surface area contributed by atoms with Crippen LogP contribution >= 0.6 is 0 Å². The summed E-state index contributed by atoms with van der Waals surface area (Å²) in [5, 5.41) is 0. The number of hydrogen-bond donors (Lipinski definition) is 1. The quantitative estimate of drug-likeness (QED) is 0.748. The van der Waals surface area contributed by atoms with E-state index in [2.05, 4.69) is 0 Å². The molecule has 1 unspecified atom stereocenters. The van der Waals surface area contributed by atoms with Gasteiger partial charge < -0.3 is 15.2 Å². The van der Waals surface area contributed by atoms with Crippen LogP contribution in [-0.2, 0) is 15.1 Å². The highest BCUT2D eigenvalue weighted by Gasteiger charge is 2.42. The van der Waals surface area contributed by atoms with Gasteiger partial charge in [-0.2, -0.15) is 0 Å². The normalized spacial score (nSPS) is 22.6. The third-order valence-electron chi connectivity index (χ3n) is 3.38. The lowest BCUT2D eigenvalue weighted by atomic mass is 9.84. The molecule has 0 spiro atoms. The Hall–Kier alpha value is -1.55. The first-order chi connectivity index (χ1) is 7.99.